The average Bonchev–Trinajstić information content (AvgIpc) is 2.80. The highest BCUT2D eigenvalue weighted by molar-refractivity contribution is 7.89. The number of carbonyl (C=O) groups is 2. The highest BCUT2D eigenvalue weighted by atomic mass is 32.2. The molecule has 0 saturated carbocycles. The fourth-order valence-electron chi connectivity index (χ4n) is 3.03. The van der Waals surface area contributed by atoms with E-state index < -0.39 is 21.8 Å². The lowest BCUT2D eigenvalue weighted by Gasteiger charge is -2.26. The Hall–Kier alpha value is -2.95. The number of carbonyl (C=O) groups excluding carboxylic acids is 2. The van der Waals surface area contributed by atoms with Crippen molar-refractivity contribution in [3.05, 3.63) is 54.1 Å². The number of morpholine rings is 1. The molecule has 0 radical (unpaired) electrons. The SMILES string of the molecule is COc1ccc(NC(=O)C(=O)NCCc2ccc(S(=O)(=O)N3CCOCC3)cc2)cc1. The number of rotatable bonds is 7. The molecule has 9 nitrogen and oxygen atoms in total. The van der Waals surface area contributed by atoms with E-state index in [2.05, 4.69) is 10.6 Å². The van der Waals surface area contributed by atoms with Gasteiger partial charge in [0.2, 0.25) is 10.0 Å². The number of hydrogen-bond donors (Lipinski definition) is 2. The van der Waals surface area contributed by atoms with Crippen LogP contribution in [0.2, 0.25) is 0 Å². The molecule has 0 atom stereocenters. The number of hydrogen-bond acceptors (Lipinski definition) is 6. The van der Waals surface area contributed by atoms with Gasteiger partial charge in [0.1, 0.15) is 5.75 Å². The lowest BCUT2D eigenvalue weighted by atomic mass is 10.1. The first-order chi connectivity index (χ1) is 14.9. The first-order valence-electron chi connectivity index (χ1n) is 9.80. The second kappa shape index (κ2) is 10.4. The van der Waals surface area contributed by atoms with E-state index in [9.17, 15) is 18.0 Å². The van der Waals surface area contributed by atoms with E-state index in [1.165, 1.54) is 11.4 Å². The standard InChI is InChI=1S/C21H25N3O6S/c1-29-18-6-4-17(5-7-18)23-21(26)20(25)22-11-10-16-2-8-19(9-3-16)31(27,28)24-12-14-30-15-13-24/h2-9H,10-15H2,1H3,(H,22,25)(H,23,26). The first kappa shape index (κ1) is 22.7. The summed E-state index contributed by atoms with van der Waals surface area (Å²) < 4.78 is 36.9. The zero-order chi connectivity index (χ0) is 22.3. The Morgan fingerprint density at radius 2 is 1.65 bits per heavy atom. The molecule has 1 aliphatic rings. The monoisotopic (exact) mass is 447 g/mol. The highest BCUT2D eigenvalue weighted by Crippen LogP contribution is 2.18. The molecule has 2 aromatic rings. The van der Waals surface area contributed by atoms with Crippen molar-refractivity contribution < 1.29 is 27.5 Å². The van der Waals surface area contributed by atoms with Crippen LogP contribution in [0.3, 0.4) is 0 Å². The van der Waals surface area contributed by atoms with E-state index in [-0.39, 0.29) is 11.4 Å². The molecule has 1 heterocycles. The molecule has 31 heavy (non-hydrogen) atoms. The average molecular weight is 448 g/mol. The molecule has 0 spiro atoms. The van der Waals surface area contributed by atoms with Crippen molar-refractivity contribution in [2.45, 2.75) is 11.3 Å². The van der Waals surface area contributed by atoms with Gasteiger partial charge in [-0.25, -0.2) is 8.42 Å². The number of nitrogens with one attached hydrogen (secondary N) is 2. The van der Waals surface area contributed by atoms with Gasteiger partial charge in [-0.05, 0) is 48.4 Å². The van der Waals surface area contributed by atoms with Crippen LogP contribution in [0.25, 0.3) is 0 Å². The fraction of sp³-hybridized carbons (Fsp3) is 0.333. The maximum absolute atomic E-state index is 12.6. The third-order valence-electron chi connectivity index (χ3n) is 4.78. The van der Waals surface area contributed by atoms with Crippen molar-refractivity contribution in [2.24, 2.45) is 0 Å². The Kier molecular flexibility index (Phi) is 7.61. The number of methoxy groups -OCH3 is 1. The summed E-state index contributed by atoms with van der Waals surface area (Å²) in [6, 6.07) is 13.1. The van der Waals surface area contributed by atoms with Gasteiger partial charge < -0.3 is 20.1 Å². The van der Waals surface area contributed by atoms with Crippen LogP contribution in [0.15, 0.2) is 53.4 Å². The summed E-state index contributed by atoms with van der Waals surface area (Å²) in [5.74, 6) is -0.870. The predicted octanol–water partition coefficient (Wildman–Crippen LogP) is 1.01. The molecular formula is C21H25N3O6S. The Labute approximate surface area is 181 Å². The van der Waals surface area contributed by atoms with Crippen molar-refractivity contribution in [1.29, 1.82) is 0 Å². The number of amides is 2. The summed E-state index contributed by atoms with van der Waals surface area (Å²) in [5, 5.41) is 5.06. The van der Waals surface area contributed by atoms with Gasteiger partial charge in [0.05, 0.1) is 25.2 Å². The summed E-state index contributed by atoms with van der Waals surface area (Å²) >= 11 is 0. The van der Waals surface area contributed by atoms with E-state index in [4.69, 9.17) is 9.47 Å². The number of ether oxygens (including phenoxy) is 2. The minimum Gasteiger partial charge on any atom is -0.497 e. The topological polar surface area (TPSA) is 114 Å². The van der Waals surface area contributed by atoms with Crippen LogP contribution in [-0.4, -0.2) is 64.5 Å². The molecule has 10 heteroatoms. The van der Waals surface area contributed by atoms with Gasteiger partial charge in [-0.2, -0.15) is 4.31 Å². The number of benzene rings is 2. The van der Waals surface area contributed by atoms with Gasteiger partial charge in [-0.15, -0.1) is 0 Å². The van der Waals surface area contributed by atoms with Crippen molar-refractivity contribution in [3.8, 4) is 5.75 Å². The normalized spacial score (nSPS) is 14.6. The Bertz CT molecular complexity index is 1000. The molecule has 0 bridgehead atoms. The molecule has 1 saturated heterocycles. The van der Waals surface area contributed by atoms with Gasteiger partial charge in [0.15, 0.2) is 0 Å². The van der Waals surface area contributed by atoms with E-state index in [1.54, 1.807) is 48.5 Å². The summed E-state index contributed by atoms with van der Waals surface area (Å²) in [7, 11) is -2.00. The zero-order valence-corrected chi connectivity index (χ0v) is 18.0. The van der Waals surface area contributed by atoms with Crippen molar-refractivity contribution >= 4 is 27.5 Å². The van der Waals surface area contributed by atoms with Crippen LogP contribution in [0.5, 0.6) is 5.75 Å². The quantitative estimate of drug-likeness (QED) is 0.613. The van der Waals surface area contributed by atoms with E-state index in [0.29, 0.717) is 44.2 Å². The van der Waals surface area contributed by atoms with E-state index >= 15 is 0 Å². The third-order valence-corrected chi connectivity index (χ3v) is 6.70. The second-order valence-corrected chi connectivity index (χ2v) is 8.79. The maximum atomic E-state index is 12.6. The number of nitrogens with zero attached hydrogens (tertiary/aromatic N) is 1. The van der Waals surface area contributed by atoms with Crippen LogP contribution in [0.1, 0.15) is 5.56 Å². The van der Waals surface area contributed by atoms with Crippen molar-refractivity contribution in [1.82, 2.24) is 9.62 Å². The maximum Gasteiger partial charge on any atom is 0.313 e. The molecule has 1 aliphatic heterocycles. The van der Waals surface area contributed by atoms with E-state index in [0.717, 1.165) is 5.56 Å². The first-order valence-corrected chi connectivity index (χ1v) is 11.2. The Morgan fingerprint density at radius 3 is 2.26 bits per heavy atom. The van der Waals surface area contributed by atoms with Crippen molar-refractivity contribution in [2.75, 3.05) is 45.3 Å². The largest absolute Gasteiger partial charge is 0.497 e. The summed E-state index contributed by atoms with van der Waals surface area (Å²) in [6.45, 7) is 1.71. The van der Waals surface area contributed by atoms with E-state index in [1.807, 2.05) is 0 Å². The molecule has 0 unspecified atom stereocenters. The van der Waals surface area contributed by atoms with Gasteiger partial charge in [0.25, 0.3) is 0 Å². The molecule has 3 rings (SSSR count). The van der Waals surface area contributed by atoms with Gasteiger partial charge in [-0.1, -0.05) is 12.1 Å². The number of anilines is 1. The number of sulfonamides is 1. The molecule has 2 amide bonds. The molecule has 1 fully saturated rings. The van der Waals surface area contributed by atoms with Gasteiger partial charge in [0, 0.05) is 25.3 Å². The van der Waals surface area contributed by atoms with Crippen LogP contribution < -0.4 is 15.4 Å². The lowest BCUT2D eigenvalue weighted by molar-refractivity contribution is -0.136. The lowest BCUT2D eigenvalue weighted by Crippen LogP contribution is -2.40. The molecule has 2 N–H and O–H groups in total. The predicted molar refractivity (Wildman–Crippen MR) is 114 cm³/mol. The second-order valence-electron chi connectivity index (χ2n) is 6.85. The zero-order valence-electron chi connectivity index (χ0n) is 17.2. The highest BCUT2D eigenvalue weighted by Gasteiger charge is 2.26. The minimum absolute atomic E-state index is 0.223. The summed E-state index contributed by atoms with van der Waals surface area (Å²) in [6.07, 6.45) is 0.458. The van der Waals surface area contributed by atoms with Gasteiger partial charge >= 0.3 is 11.8 Å². The molecule has 2 aromatic carbocycles. The smallest absolute Gasteiger partial charge is 0.313 e. The molecule has 0 aliphatic carbocycles. The van der Waals surface area contributed by atoms with Crippen LogP contribution in [0, 0.1) is 0 Å². The van der Waals surface area contributed by atoms with Crippen molar-refractivity contribution in [3.63, 3.8) is 0 Å². The minimum atomic E-state index is -3.54. The summed E-state index contributed by atoms with van der Waals surface area (Å²) in [5.41, 5.74) is 1.33. The van der Waals surface area contributed by atoms with Crippen LogP contribution >= 0.6 is 0 Å². The van der Waals surface area contributed by atoms with Gasteiger partial charge in [-0.3, -0.25) is 9.59 Å². The summed E-state index contributed by atoms with van der Waals surface area (Å²) in [4.78, 5) is 24.2. The molecule has 0 aromatic heterocycles. The van der Waals surface area contributed by atoms with Crippen LogP contribution in [-0.2, 0) is 30.8 Å². The Morgan fingerprint density at radius 1 is 1.00 bits per heavy atom. The third kappa shape index (κ3) is 6.03. The molecule has 166 valence electrons. The Balaban J connectivity index is 1.47. The molecular weight excluding hydrogens is 422 g/mol. The fourth-order valence-corrected chi connectivity index (χ4v) is 4.43. The van der Waals surface area contributed by atoms with Crippen LogP contribution in [0.4, 0.5) is 5.69 Å².